The summed E-state index contributed by atoms with van der Waals surface area (Å²) in [6, 6.07) is 0.633. The Labute approximate surface area is 174 Å². The minimum absolute atomic E-state index is 0.0304. The van der Waals surface area contributed by atoms with Crippen molar-refractivity contribution in [2.45, 2.75) is 38.3 Å². The van der Waals surface area contributed by atoms with Gasteiger partial charge in [-0.15, -0.1) is 0 Å². The van der Waals surface area contributed by atoms with E-state index in [1.54, 1.807) is 19.3 Å². The third kappa shape index (κ3) is 3.51. The molecule has 30 heavy (non-hydrogen) atoms. The Hall–Kier alpha value is -3.01. The van der Waals surface area contributed by atoms with Crippen molar-refractivity contribution in [1.29, 1.82) is 0 Å². The number of nitrogens with zero attached hydrogens (tertiary/aromatic N) is 6. The van der Waals surface area contributed by atoms with Crippen LogP contribution in [-0.2, 0) is 16.0 Å². The second-order valence-electron chi connectivity index (χ2n) is 8.07. The number of fused-ring (bicyclic) bond motifs is 1. The van der Waals surface area contributed by atoms with Crippen LogP contribution in [-0.4, -0.2) is 70.8 Å². The highest BCUT2D eigenvalue weighted by atomic mass is 16.5. The molecule has 4 heterocycles. The summed E-state index contributed by atoms with van der Waals surface area (Å²) in [5.41, 5.74) is 8.54. The molecule has 1 aliphatic carbocycles. The van der Waals surface area contributed by atoms with E-state index in [1.165, 1.54) is 0 Å². The molecular weight excluding hydrogens is 384 g/mol. The number of amides is 1. The van der Waals surface area contributed by atoms with Crippen LogP contribution in [0, 0.1) is 0 Å². The van der Waals surface area contributed by atoms with Crippen molar-refractivity contribution in [2.24, 2.45) is 0 Å². The first-order valence-corrected chi connectivity index (χ1v) is 10.4. The van der Waals surface area contributed by atoms with Gasteiger partial charge in [0.15, 0.2) is 0 Å². The first-order valence-electron chi connectivity index (χ1n) is 10.4. The zero-order valence-corrected chi connectivity index (χ0v) is 17.0. The van der Waals surface area contributed by atoms with Gasteiger partial charge in [0.2, 0.25) is 17.8 Å². The van der Waals surface area contributed by atoms with Crippen LogP contribution in [0.1, 0.15) is 25.3 Å². The molecule has 2 aromatic rings. The minimum Gasteiger partial charge on any atom is -0.378 e. The van der Waals surface area contributed by atoms with E-state index in [1.807, 2.05) is 0 Å². The number of nitrogens with two attached hydrogens (primary N) is 1. The van der Waals surface area contributed by atoms with Crippen molar-refractivity contribution in [3.63, 3.8) is 0 Å². The molecule has 0 aromatic carbocycles. The number of aromatic nitrogens is 4. The summed E-state index contributed by atoms with van der Waals surface area (Å²) in [5.74, 6) is 1.99. The monoisotopic (exact) mass is 410 g/mol. The number of ether oxygens (including phenoxy) is 1. The molecule has 1 saturated heterocycles. The average molecular weight is 410 g/mol. The Bertz CT molecular complexity index is 939. The highest BCUT2D eigenvalue weighted by molar-refractivity contribution is 5.74. The molecule has 2 fully saturated rings. The number of rotatable bonds is 4. The fraction of sp³-hybridized carbons (Fsp3) is 0.550. The Balaban J connectivity index is 1.49. The van der Waals surface area contributed by atoms with Crippen molar-refractivity contribution < 1.29 is 9.53 Å². The van der Waals surface area contributed by atoms with Crippen LogP contribution in [0.15, 0.2) is 12.4 Å². The van der Waals surface area contributed by atoms with Gasteiger partial charge >= 0.3 is 0 Å². The fourth-order valence-electron chi connectivity index (χ4n) is 4.47. The van der Waals surface area contributed by atoms with Crippen molar-refractivity contribution in [3.05, 3.63) is 18.0 Å². The maximum absolute atomic E-state index is 11.3. The molecule has 2 aromatic heterocycles. The molecule has 0 unspecified atom stereocenters. The van der Waals surface area contributed by atoms with Crippen molar-refractivity contribution >= 4 is 23.6 Å². The number of nitrogen functional groups attached to an aromatic ring is 1. The van der Waals surface area contributed by atoms with Crippen LogP contribution in [0.4, 0.5) is 17.7 Å². The number of hydrogen-bond acceptors (Lipinski definition) is 9. The summed E-state index contributed by atoms with van der Waals surface area (Å²) in [6.45, 7) is 5.35. The zero-order valence-electron chi connectivity index (χ0n) is 17.0. The SMILES string of the molecule is CC(=O)NC1CC(N2CCc3c(-c4cnc(N)nc4)nc(N4CCOCC4)nc32)C1. The summed E-state index contributed by atoms with van der Waals surface area (Å²) in [6.07, 6.45) is 6.21. The molecule has 0 spiro atoms. The van der Waals surface area contributed by atoms with Gasteiger partial charge in [0.05, 0.1) is 18.9 Å². The number of nitrogens with one attached hydrogen (secondary N) is 1. The lowest BCUT2D eigenvalue weighted by Gasteiger charge is -2.42. The van der Waals surface area contributed by atoms with Crippen LogP contribution in [0.5, 0.6) is 0 Å². The van der Waals surface area contributed by atoms with E-state index in [0.29, 0.717) is 25.2 Å². The molecule has 5 rings (SSSR count). The van der Waals surface area contributed by atoms with Crippen LogP contribution >= 0.6 is 0 Å². The van der Waals surface area contributed by atoms with Gasteiger partial charge in [0, 0.05) is 62.2 Å². The Morgan fingerprint density at radius 3 is 2.60 bits per heavy atom. The molecule has 10 heteroatoms. The molecular formula is C20H26N8O2. The van der Waals surface area contributed by atoms with Crippen molar-refractivity contribution in [2.75, 3.05) is 48.4 Å². The second kappa shape index (κ2) is 7.67. The summed E-state index contributed by atoms with van der Waals surface area (Å²) >= 11 is 0. The van der Waals surface area contributed by atoms with Crippen LogP contribution in [0.25, 0.3) is 11.3 Å². The van der Waals surface area contributed by atoms with Gasteiger partial charge in [0.25, 0.3) is 0 Å². The van der Waals surface area contributed by atoms with Gasteiger partial charge in [-0.1, -0.05) is 0 Å². The van der Waals surface area contributed by atoms with E-state index in [9.17, 15) is 4.79 Å². The molecule has 0 atom stereocenters. The van der Waals surface area contributed by atoms with E-state index in [-0.39, 0.29) is 17.9 Å². The molecule has 3 aliphatic rings. The largest absolute Gasteiger partial charge is 0.378 e. The lowest BCUT2D eigenvalue weighted by Crippen LogP contribution is -2.53. The Morgan fingerprint density at radius 2 is 1.90 bits per heavy atom. The number of morpholine rings is 1. The van der Waals surface area contributed by atoms with Crippen LogP contribution in [0.2, 0.25) is 0 Å². The molecule has 2 aliphatic heterocycles. The number of carbonyl (C=O) groups is 1. The maximum Gasteiger partial charge on any atom is 0.228 e. The van der Waals surface area contributed by atoms with E-state index in [2.05, 4.69) is 25.1 Å². The summed E-state index contributed by atoms with van der Waals surface area (Å²) in [7, 11) is 0. The molecule has 0 bridgehead atoms. The lowest BCUT2D eigenvalue weighted by atomic mass is 9.85. The zero-order chi connectivity index (χ0) is 20.7. The van der Waals surface area contributed by atoms with Gasteiger partial charge < -0.3 is 25.6 Å². The fourth-order valence-corrected chi connectivity index (χ4v) is 4.47. The van der Waals surface area contributed by atoms with Crippen LogP contribution in [0.3, 0.4) is 0 Å². The summed E-state index contributed by atoms with van der Waals surface area (Å²) < 4.78 is 5.50. The summed E-state index contributed by atoms with van der Waals surface area (Å²) in [4.78, 5) is 34.1. The Morgan fingerprint density at radius 1 is 1.17 bits per heavy atom. The highest BCUT2D eigenvalue weighted by Gasteiger charge is 2.39. The van der Waals surface area contributed by atoms with Gasteiger partial charge in [-0.25, -0.2) is 15.0 Å². The number of carbonyl (C=O) groups excluding carboxylic acids is 1. The topological polar surface area (TPSA) is 122 Å². The average Bonchev–Trinajstić information content (AvgIpc) is 3.14. The number of hydrogen-bond donors (Lipinski definition) is 2. The number of anilines is 3. The predicted molar refractivity (Wildman–Crippen MR) is 112 cm³/mol. The third-order valence-electron chi connectivity index (χ3n) is 6.05. The first kappa shape index (κ1) is 19.0. The second-order valence-corrected chi connectivity index (χ2v) is 8.07. The van der Waals surface area contributed by atoms with Gasteiger partial charge in [-0.3, -0.25) is 4.79 Å². The van der Waals surface area contributed by atoms with Crippen LogP contribution < -0.4 is 20.9 Å². The Kier molecular flexibility index (Phi) is 4.86. The normalized spacial score (nSPS) is 23.1. The minimum atomic E-state index is 0.0304. The maximum atomic E-state index is 11.3. The molecule has 3 N–H and O–H groups in total. The molecule has 10 nitrogen and oxygen atoms in total. The third-order valence-corrected chi connectivity index (χ3v) is 6.05. The van der Waals surface area contributed by atoms with Crippen molar-refractivity contribution in [3.8, 4) is 11.3 Å². The smallest absolute Gasteiger partial charge is 0.228 e. The molecule has 1 saturated carbocycles. The standard InChI is InChI=1S/C20H26N8O2/c1-12(29)24-14-8-15(9-14)28-3-2-16-17(13-10-22-19(21)23-11-13)25-20(26-18(16)28)27-4-6-30-7-5-27/h10-11,14-15H,2-9H2,1H3,(H,24,29)(H2,21,22,23). The predicted octanol–water partition coefficient (Wildman–Crippen LogP) is 0.382. The quantitative estimate of drug-likeness (QED) is 0.736. The first-order chi connectivity index (χ1) is 14.6. The van der Waals surface area contributed by atoms with E-state index in [4.69, 9.17) is 20.4 Å². The molecule has 158 valence electrons. The highest BCUT2D eigenvalue weighted by Crippen LogP contribution is 2.40. The summed E-state index contributed by atoms with van der Waals surface area (Å²) in [5, 5.41) is 3.01. The lowest BCUT2D eigenvalue weighted by molar-refractivity contribution is -0.120. The van der Waals surface area contributed by atoms with Crippen molar-refractivity contribution in [1.82, 2.24) is 25.3 Å². The van der Waals surface area contributed by atoms with Gasteiger partial charge in [-0.2, -0.15) is 4.98 Å². The van der Waals surface area contributed by atoms with E-state index < -0.39 is 0 Å². The van der Waals surface area contributed by atoms with Gasteiger partial charge in [0.1, 0.15) is 5.82 Å². The molecule has 0 radical (unpaired) electrons. The van der Waals surface area contributed by atoms with E-state index >= 15 is 0 Å². The van der Waals surface area contributed by atoms with E-state index in [0.717, 1.165) is 61.5 Å². The van der Waals surface area contributed by atoms with Gasteiger partial charge in [-0.05, 0) is 19.3 Å². The molecule has 1 amide bonds.